The summed E-state index contributed by atoms with van der Waals surface area (Å²) in [5.41, 5.74) is 6.12. The van der Waals surface area contributed by atoms with E-state index in [1.54, 1.807) is 6.92 Å². The molecule has 0 radical (unpaired) electrons. The van der Waals surface area contributed by atoms with E-state index in [2.05, 4.69) is 15.5 Å². The van der Waals surface area contributed by atoms with Gasteiger partial charge >= 0.3 is 0 Å². The molecule has 1 atom stereocenters. The summed E-state index contributed by atoms with van der Waals surface area (Å²) in [7, 11) is 0. The maximum atomic E-state index is 11.1. The average molecular weight is 372 g/mol. The van der Waals surface area contributed by atoms with Crippen molar-refractivity contribution in [1.29, 1.82) is 0 Å². The van der Waals surface area contributed by atoms with Gasteiger partial charge < -0.3 is 15.8 Å². The summed E-state index contributed by atoms with van der Waals surface area (Å²) in [5.74, 6) is 1.17. The number of hydrogen-bond acceptors (Lipinski definition) is 7. The number of primary amides is 1. The molecular weight excluding hydrogens is 356 g/mol. The van der Waals surface area contributed by atoms with Gasteiger partial charge in [0.2, 0.25) is 11.0 Å². The summed E-state index contributed by atoms with van der Waals surface area (Å²) < 4.78 is 6.45. The van der Waals surface area contributed by atoms with Gasteiger partial charge in [-0.15, -0.1) is 10.2 Å². The Kier molecular flexibility index (Phi) is 5.52. The highest BCUT2D eigenvalue weighted by molar-refractivity contribution is 8.02. The Morgan fingerprint density at radius 1 is 1.12 bits per heavy atom. The molecule has 8 heteroatoms. The number of ether oxygens (including phenoxy) is 1. The van der Waals surface area contributed by atoms with Gasteiger partial charge in [0, 0.05) is 5.69 Å². The lowest BCUT2D eigenvalue weighted by molar-refractivity contribution is -0.117. The maximum Gasteiger partial charge on any atom is 0.230 e. The van der Waals surface area contributed by atoms with Gasteiger partial charge in [-0.1, -0.05) is 41.3 Å². The predicted molar refractivity (Wildman–Crippen MR) is 101 cm³/mol. The second-order valence-corrected chi connectivity index (χ2v) is 7.67. The topological polar surface area (TPSA) is 90.1 Å². The van der Waals surface area contributed by atoms with Crippen LogP contribution in [0.15, 0.2) is 58.9 Å². The molecule has 0 saturated heterocycles. The number of nitrogens with two attached hydrogens (primary N) is 1. The number of hydrogen-bond donors (Lipinski definition) is 2. The molecule has 6 nitrogen and oxygen atoms in total. The fourth-order valence-corrected chi connectivity index (χ4v) is 3.74. The quantitative estimate of drug-likeness (QED) is 0.608. The van der Waals surface area contributed by atoms with Crippen LogP contribution < -0.4 is 15.8 Å². The Bertz CT molecular complexity index is 837. The van der Waals surface area contributed by atoms with Crippen molar-refractivity contribution in [2.45, 2.75) is 16.5 Å². The first-order valence-corrected chi connectivity index (χ1v) is 9.19. The molecule has 0 saturated carbocycles. The summed E-state index contributed by atoms with van der Waals surface area (Å²) in [4.78, 5) is 11.1. The zero-order chi connectivity index (χ0) is 17.6. The van der Waals surface area contributed by atoms with Gasteiger partial charge in [-0.3, -0.25) is 4.79 Å². The minimum absolute atomic E-state index is 0.338. The molecule has 3 N–H and O–H groups in total. The second kappa shape index (κ2) is 8.00. The number of anilines is 2. The maximum absolute atomic E-state index is 11.1. The van der Waals surface area contributed by atoms with E-state index in [0.29, 0.717) is 9.47 Å². The van der Waals surface area contributed by atoms with Crippen molar-refractivity contribution >= 4 is 39.8 Å². The Morgan fingerprint density at radius 3 is 2.48 bits per heavy atom. The van der Waals surface area contributed by atoms with Crippen LogP contribution in [0.4, 0.5) is 10.8 Å². The molecular formula is C17H16N4O2S2. The van der Waals surface area contributed by atoms with Crippen molar-refractivity contribution in [1.82, 2.24) is 10.2 Å². The standard InChI is InChI=1S/C17H16N4O2S2/c1-11(15(18)22)24-17-21-20-16(25-17)19-12-7-9-14(10-8-12)23-13-5-3-2-4-6-13/h2-11H,1H3,(H2,18,22)(H,19,20). The molecule has 0 aliphatic carbocycles. The Labute approximate surface area is 153 Å². The SMILES string of the molecule is CC(Sc1nnc(Nc2ccc(Oc3ccccc3)cc2)s1)C(N)=O. The second-order valence-electron chi connectivity index (χ2n) is 5.10. The molecule has 128 valence electrons. The fourth-order valence-electron chi connectivity index (χ4n) is 1.87. The highest BCUT2D eigenvalue weighted by Crippen LogP contribution is 2.31. The van der Waals surface area contributed by atoms with Crippen LogP contribution in [0.3, 0.4) is 0 Å². The number of carbonyl (C=O) groups is 1. The molecule has 25 heavy (non-hydrogen) atoms. The normalized spacial score (nSPS) is 11.7. The predicted octanol–water partition coefficient (Wildman–Crippen LogP) is 4.04. The average Bonchev–Trinajstić information content (AvgIpc) is 3.04. The molecule has 2 aromatic carbocycles. The molecule has 1 unspecified atom stereocenters. The number of nitrogens with zero attached hydrogens (tertiary/aromatic N) is 2. The van der Waals surface area contributed by atoms with Gasteiger partial charge in [-0.05, 0) is 43.3 Å². The number of benzene rings is 2. The van der Waals surface area contributed by atoms with Gasteiger partial charge in [-0.2, -0.15) is 0 Å². The smallest absolute Gasteiger partial charge is 0.230 e. The number of carbonyl (C=O) groups excluding carboxylic acids is 1. The number of amides is 1. The first kappa shape index (κ1) is 17.2. The van der Waals surface area contributed by atoms with Crippen molar-refractivity contribution in [2.75, 3.05) is 5.32 Å². The molecule has 3 aromatic rings. The van der Waals surface area contributed by atoms with Crippen molar-refractivity contribution in [3.8, 4) is 11.5 Å². The van der Waals surface area contributed by atoms with E-state index in [9.17, 15) is 4.79 Å². The van der Waals surface area contributed by atoms with Crippen LogP contribution >= 0.6 is 23.1 Å². The van der Waals surface area contributed by atoms with Crippen LogP contribution in [0, 0.1) is 0 Å². The lowest BCUT2D eigenvalue weighted by Crippen LogP contribution is -2.22. The van der Waals surface area contributed by atoms with Crippen LogP contribution in [0.1, 0.15) is 6.92 Å². The summed E-state index contributed by atoms with van der Waals surface area (Å²) in [6.07, 6.45) is 0. The third-order valence-electron chi connectivity index (χ3n) is 3.17. The molecule has 0 fully saturated rings. The van der Waals surface area contributed by atoms with Gasteiger partial charge in [-0.25, -0.2) is 0 Å². The van der Waals surface area contributed by atoms with Gasteiger partial charge in [0.05, 0.1) is 5.25 Å². The molecule has 0 aliphatic rings. The molecule has 1 amide bonds. The third kappa shape index (κ3) is 4.94. The van der Waals surface area contributed by atoms with Gasteiger partial charge in [0.1, 0.15) is 11.5 Å². The van der Waals surface area contributed by atoms with Crippen molar-refractivity contribution in [2.24, 2.45) is 5.73 Å². The minimum Gasteiger partial charge on any atom is -0.457 e. The highest BCUT2D eigenvalue weighted by Gasteiger charge is 2.14. The highest BCUT2D eigenvalue weighted by atomic mass is 32.2. The Morgan fingerprint density at radius 2 is 1.80 bits per heavy atom. The summed E-state index contributed by atoms with van der Waals surface area (Å²) in [5, 5.41) is 11.6. The monoisotopic (exact) mass is 372 g/mol. The van der Waals surface area contributed by atoms with Crippen molar-refractivity contribution in [3.63, 3.8) is 0 Å². The van der Waals surface area contributed by atoms with Gasteiger partial charge in [0.25, 0.3) is 0 Å². The van der Waals surface area contributed by atoms with E-state index < -0.39 is 0 Å². The first-order valence-electron chi connectivity index (χ1n) is 7.49. The zero-order valence-corrected chi connectivity index (χ0v) is 15.0. The molecule has 0 bridgehead atoms. The van der Waals surface area contributed by atoms with E-state index in [4.69, 9.17) is 10.5 Å². The van der Waals surface area contributed by atoms with Gasteiger partial charge in [0.15, 0.2) is 4.34 Å². The number of thioether (sulfide) groups is 1. The lowest BCUT2D eigenvalue weighted by Gasteiger charge is -2.07. The van der Waals surface area contributed by atoms with E-state index >= 15 is 0 Å². The van der Waals surface area contributed by atoms with E-state index in [1.807, 2.05) is 54.6 Å². The minimum atomic E-state index is -0.372. The van der Waals surface area contributed by atoms with Crippen molar-refractivity contribution in [3.05, 3.63) is 54.6 Å². The number of para-hydroxylation sites is 1. The van der Waals surface area contributed by atoms with E-state index in [1.165, 1.54) is 23.1 Å². The number of rotatable bonds is 7. The first-order chi connectivity index (χ1) is 12.1. The Balaban J connectivity index is 1.60. The molecule has 1 heterocycles. The molecule has 0 spiro atoms. The van der Waals surface area contributed by atoms with Crippen LogP contribution in [-0.4, -0.2) is 21.4 Å². The zero-order valence-electron chi connectivity index (χ0n) is 13.4. The van der Waals surface area contributed by atoms with Crippen LogP contribution in [0.5, 0.6) is 11.5 Å². The van der Waals surface area contributed by atoms with Crippen LogP contribution in [-0.2, 0) is 4.79 Å². The summed E-state index contributed by atoms with van der Waals surface area (Å²) >= 11 is 2.67. The fraction of sp³-hybridized carbons (Fsp3) is 0.118. The molecule has 3 rings (SSSR count). The van der Waals surface area contributed by atoms with E-state index in [0.717, 1.165) is 17.2 Å². The van der Waals surface area contributed by atoms with Crippen LogP contribution in [0.25, 0.3) is 0 Å². The largest absolute Gasteiger partial charge is 0.457 e. The van der Waals surface area contributed by atoms with E-state index in [-0.39, 0.29) is 11.2 Å². The number of nitrogens with one attached hydrogen (secondary N) is 1. The van der Waals surface area contributed by atoms with Crippen molar-refractivity contribution < 1.29 is 9.53 Å². The summed E-state index contributed by atoms with van der Waals surface area (Å²) in [6, 6.07) is 17.2. The molecule has 1 aromatic heterocycles. The Hall–Kier alpha value is -2.58. The third-order valence-corrected chi connectivity index (χ3v) is 5.21. The summed E-state index contributed by atoms with van der Waals surface area (Å²) in [6.45, 7) is 1.74. The van der Waals surface area contributed by atoms with Crippen LogP contribution in [0.2, 0.25) is 0 Å². The number of aromatic nitrogens is 2. The molecule has 0 aliphatic heterocycles. The lowest BCUT2D eigenvalue weighted by atomic mass is 10.3.